The van der Waals surface area contributed by atoms with Crippen LogP contribution < -0.4 is 0 Å². The van der Waals surface area contributed by atoms with Gasteiger partial charge < -0.3 is 102 Å². The molecule has 26 heteroatoms. The summed E-state index contributed by atoms with van der Waals surface area (Å²) in [5.41, 5.74) is 1.55. The largest absolute Gasteiger partial charge is 0.508 e. The Bertz CT molecular complexity index is 5420. The topological polar surface area (TPSA) is 405 Å². The second kappa shape index (κ2) is 44.5. The Morgan fingerprint density at radius 2 is 0.488 bits per heavy atom. The Morgan fingerprint density at radius 1 is 0.208 bits per heavy atom. The Kier molecular flexibility index (Phi) is 35.7. The van der Waals surface area contributed by atoms with E-state index in [-0.39, 0.29) is 120 Å². The second-order valence-corrected chi connectivity index (χ2v) is 30.5. The van der Waals surface area contributed by atoms with Crippen molar-refractivity contribution in [3.05, 3.63) is 347 Å². The molecule has 14 aromatic carbocycles. The molecule has 20 N–H and O–H groups in total. The van der Waals surface area contributed by atoms with Gasteiger partial charge in [-0.2, -0.15) is 26.3 Å². The van der Waals surface area contributed by atoms with Crippen molar-refractivity contribution >= 4 is 10.8 Å². The van der Waals surface area contributed by atoms with Gasteiger partial charge in [0, 0.05) is 27.8 Å². The van der Waals surface area contributed by atoms with Gasteiger partial charge >= 0.3 is 12.4 Å². The van der Waals surface area contributed by atoms with Crippen LogP contribution in [0.3, 0.4) is 0 Å². The van der Waals surface area contributed by atoms with Gasteiger partial charge in [-0.05, 0) is 257 Å². The van der Waals surface area contributed by atoms with Gasteiger partial charge in [0.15, 0.2) is 23.0 Å². The molecular weight excluding hydrogens is 1620 g/mol. The van der Waals surface area contributed by atoms with Gasteiger partial charge in [-0.15, -0.1) is 0 Å². The van der Waals surface area contributed by atoms with Crippen LogP contribution in [0.5, 0.6) is 115 Å². The van der Waals surface area contributed by atoms with Gasteiger partial charge in [-0.1, -0.05) is 177 Å². The number of phenols is 20. The normalized spacial score (nSPS) is 10.9. The predicted molar refractivity (Wildman–Crippen MR) is 470 cm³/mol. The maximum Gasteiger partial charge on any atom is 0.411 e. The van der Waals surface area contributed by atoms with Gasteiger partial charge in [0.05, 0.1) is 0 Å². The van der Waals surface area contributed by atoms with E-state index in [0.717, 1.165) is 68.8 Å². The standard InChI is InChI=1S/C15H10F6O2.C15H16O2.C12H10O2.C10H8O2.2C10H14O2.C9H12O2.3C6H6O2/c16-14(17,18)13(15(19,20)21,9-1-5-11(22)6-2-9)10-3-7-12(23)8-4-10;1-15(2,11-3-7-13(16)8-4-11)12-5-9-14(17)10-6-12;13-11-5-1-9(2-6-11)10-3-7-12(14)8-4-10;11-9-5-6-10(12)8-4-2-1-3-7(8)9;1-10(2,3)8-6-7(11)4-5-9(8)12;1-10(2,3)7-4-5-8(11)9(12)6-7;1-5-4-8(10)6(2)7(3)9(5)11;7-5-1-2-6(8)4-3-5;7-5-2-1-3-6(8)4-5;7-5-3-1-2-4-6(5)8/h1-8,22-23H;3-10,16-17H,1-2H3;1-8,13-14H;1-6,11-12H;2*4-6,11-12H,1-3H3;4,10-11H,1-3H3;3*1-4,7-8H. The van der Waals surface area contributed by atoms with Gasteiger partial charge in [-0.3, -0.25) is 0 Å². The van der Waals surface area contributed by atoms with Crippen molar-refractivity contribution < 1.29 is 128 Å². The van der Waals surface area contributed by atoms with Crippen LogP contribution in [0.25, 0.3) is 21.9 Å². The van der Waals surface area contributed by atoms with Crippen molar-refractivity contribution in [3.8, 4) is 126 Å². The zero-order valence-electron chi connectivity index (χ0n) is 70.0. The average Bonchev–Trinajstić information content (AvgIpc) is 0.715. The van der Waals surface area contributed by atoms with Crippen molar-refractivity contribution in [2.45, 2.75) is 110 Å². The van der Waals surface area contributed by atoms with E-state index in [0.29, 0.717) is 40.6 Å². The van der Waals surface area contributed by atoms with E-state index in [4.69, 9.17) is 56.2 Å². The van der Waals surface area contributed by atoms with Crippen LogP contribution >= 0.6 is 0 Å². The number of aryl methyl sites for hydroxylation is 1. The van der Waals surface area contributed by atoms with Crippen molar-refractivity contribution in [1.29, 1.82) is 0 Å². The molecular formula is C99H102F6O20. The molecule has 0 bridgehead atoms. The van der Waals surface area contributed by atoms with Gasteiger partial charge in [0.1, 0.15) is 92.0 Å². The van der Waals surface area contributed by atoms with Gasteiger partial charge in [-0.25, -0.2) is 0 Å². The van der Waals surface area contributed by atoms with E-state index in [1.807, 2.05) is 87.5 Å². The van der Waals surface area contributed by atoms with E-state index in [1.54, 1.807) is 118 Å². The molecule has 0 aromatic heterocycles. The Balaban J connectivity index is 0.000000251. The molecule has 14 rings (SSSR count). The number of hydrogen-bond acceptors (Lipinski definition) is 20. The zero-order chi connectivity index (χ0) is 93.7. The molecule has 0 unspecified atom stereocenters. The summed E-state index contributed by atoms with van der Waals surface area (Å²) in [6.45, 7) is 21.7. The van der Waals surface area contributed by atoms with Crippen molar-refractivity contribution in [3.63, 3.8) is 0 Å². The number of rotatable bonds is 5. The molecule has 0 aliphatic carbocycles. The first-order valence-electron chi connectivity index (χ1n) is 38.0. The van der Waals surface area contributed by atoms with Crippen molar-refractivity contribution in [1.82, 2.24) is 0 Å². The fourth-order valence-electron chi connectivity index (χ4n) is 11.5. The summed E-state index contributed by atoms with van der Waals surface area (Å²) < 4.78 is 81.6. The molecule has 20 nitrogen and oxygen atoms in total. The highest BCUT2D eigenvalue weighted by Gasteiger charge is 2.72. The van der Waals surface area contributed by atoms with Crippen LogP contribution in [-0.4, -0.2) is 114 Å². The molecule has 0 aliphatic heterocycles. The fourth-order valence-corrected chi connectivity index (χ4v) is 11.5. The third-order valence-corrected chi connectivity index (χ3v) is 18.8. The number of para-hydroxylation sites is 2. The van der Waals surface area contributed by atoms with Crippen LogP contribution in [0.15, 0.2) is 297 Å². The van der Waals surface area contributed by atoms with Gasteiger partial charge in [0.25, 0.3) is 0 Å². The molecule has 0 spiro atoms. The van der Waals surface area contributed by atoms with E-state index in [1.165, 1.54) is 84.9 Å². The summed E-state index contributed by atoms with van der Waals surface area (Å²) in [5.74, 6) is 1.73. The highest BCUT2D eigenvalue weighted by Crippen LogP contribution is 2.57. The first-order valence-corrected chi connectivity index (χ1v) is 38.0. The lowest BCUT2D eigenvalue weighted by atomic mass is 9.73. The molecule has 125 heavy (non-hydrogen) atoms. The number of alkyl halides is 6. The first-order chi connectivity index (χ1) is 58.3. The maximum atomic E-state index is 13.6. The lowest BCUT2D eigenvalue weighted by molar-refractivity contribution is -0.288. The van der Waals surface area contributed by atoms with Crippen LogP contribution in [0.2, 0.25) is 0 Å². The zero-order valence-corrected chi connectivity index (χ0v) is 70.0. The number of phenolic OH excluding ortho intramolecular Hbond substituents is 20. The SMILES string of the molecule is CC(C)(C)c1cc(O)ccc1O.CC(C)(C)c1ccc(O)c(O)c1.CC(C)(c1ccc(O)cc1)c1ccc(O)cc1.Cc1cc(O)c(C)c(C)c1O.Oc1ccc(-c2ccc(O)cc2)cc1.Oc1ccc(C(c2ccc(O)cc2)(C(F)(F)F)C(F)(F)F)cc1.Oc1ccc(O)c2ccccc12.Oc1ccc(O)cc1.Oc1cccc(O)c1.Oc1ccccc1O. The Labute approximate surface area is 719 Å². The first kappa shape index (κ1) is 100. The highest BCUT2D eigenvalue weighted by atomic mass is 19.4. The fraction of sp³-hybridized carbons (Fsp3) is 0.172. The molecule has 0 fully saturated rings. The number of halogens is 6. The quantitative estimate of drug-likeness (QED) is 0.0432. The third kappa shape index (κ3) is 29.9. The highest BCUT2D eigenvalue weighted by molar-refractivity contribution is 5.92. The van der Waals surface area contributed by atoms with Crippen LogP contribution in [0, 0.1) is 20.8 Å². The molecule has 14 aromatic rings. The number of fused-ring (bicyclic) bond motifs is 1. The summed E-state index contributed by atoms with van der Waals surface area (Å²) >= 11 is 0. The van der Waals surface area contributed by atoms with Crippen LogP contribution in [0.4, 0.5) is 26.3 Å². The summed E-state index contributed by atoms with van der Waals surface area (Å²) in [6.07, 6.45) is -11.4. The lowest BCUT2D eigenvalue weighted by Crippen LogP contribution is -2.54. The summed E-state index contributed by atoms with van der Waals surface area (Å²) in [5, 5.41) is 183. The monoisotopic (exact) mass is 1720 g/mol. The second-order valence-electron chi connectivity index (χ2n) is 30.5. The predicted octanol–water partition coefficient (Wildman–Crippen LogP) is 23.1. The Hall–Kier alpha value is -15.1. The van der Waals surface area contributed by atoms with E-state index >= 15 is 0 Å². The van der Waals surface area contributed by atoms with Crippen LogP contribution in [-0.2, 0) is 21.7 Å². The lowest BCUT2D eigenvalue weighted by Gasteiger charge is -2.38. The minimum absolute atomic E-state index is 0.00514. The van der Waals surface area contributed by atoms with Crippen molar-refractivity contribution in [2.75, 3.05) is 0 Å². The minimum Gasteiger partial charge on any atom is -0.508 e. The molecule has 0 saturated heterocycles. The molecule has 0 atom stereocenters. The van der Waals surface area contributed by atoms with E-state index in [9.17, 15) is 72.3 Å². The summed E-state index contributed by atoms with van der Waals surface area (Å²) in [4.78, 5) is 0. The summed E-state index contributed by atoms with van der Waals surface area (Å²) in [7, 11) is 0. The number of benzene rings is 14. The molecule has 0 saturated carbocycles. The molecule has 0 aliphatic rings. The molecule has 660 valence electrons. The smallest absolute Gasteiger partial charge is 0.411 e. The third-order valence-electron chi connectivity index (χ3n) is 18.8. The van der Waals surface area contributed by atoms with Crippen LogP contribution in [0.1, 0.15) is 105 Å². The van der Waals surface area contributed by atoms with Gasteiger partial charge in [0.2, 0.25) is 5.41 Å². The van der Waals surface area contributed by atoms with E-state index in [2.05, 4.69) is 34.6 Å². The molecule has 0 amide bonds. The average molecular weight is 1730 g/mol. The molecule has 0 heterocycles. The maximum absolute atomic E-state index is 13.6. The van der Waals surface area contributed by atoms with E-state index < -0.39 is 40.4 Å². The number of hydrogen-bond donors (Lipinski definition) is 20. The Morgan fingerprint density at radius 3 is 0.784 bits per heavy atom. The molecule has 0 radical (unpaired) electrons. The summed E-state index contributed by atoms with van der Waals surface area (Å²) in [6, 6.07) is 72.6. The number of aromatic hydroxyl groups is 20. The minimum atomic E-state index is -5.70. The van der Waals surface area contributed by atoms with Crippen molar-refractivity contribution in [2.24, 2.45) is 0 Å².